The second-order valence-electron chi connectivity index (χ2n) is 4.21. The second kappa shape index (κ2) is 11.4. The summed E-state index contributed by atoms with van der Waals surface area (Å²) in [5.74, 6) is -0.0349. The van der Waals surface area contributed by atoms with E-state index in [9.17, 15) is 9.90 Å². The van der Waals surface area contributed by atoms with Crippen molar-refractivity contribution in [2.75, 3.05) is 40.5 Å². The van der Waals surface area contributed by atoms with Crippen LogP contribution in [0.15, 0.2) is 0 Å². The Hall–Kier alpha value is -0.690. The van der Waals surface area contributed by atoms with E-state index in [0.29, 0.717) is 32.7 Å². The lowest BCUT2D eigenvalue weighted by Crippen LogP contribution is -2.43. The van der Waals surface area contributed by atoms with Crippen LogP contribution in [-0.2, 0) is 14.3 Å². The van der Waals surface area contributed by atoms with Gasteiger partial charge in [0.2, 0.25) is 5.91 Å². The lowest BCUT2D eigenvalue weighted by molar-refractivity contribution is -0.122. The Labute approximate surface area is 109 Å². The van der Waals surface area contributed by atoms with Crippen molar-refractivity contribution < 1.29 is 19.4 Å². The number of methoxy groups -OCH3 is 2. The fourth-order valence-corrected chi connectivity index (χ4v) is 1.42. The van der Waals surface area contributed by atoms with Gasteiger partial charge in [0, 0.05) is 27.4 Å². The van der Waals surface area contributed by atoms with Crippen LogP contribution in [0, 0.1) is 0 Å². The SMILES string of the molecule is COCCCNC(=O)C(C)NCCC(O)COC. The second-order valence-corrected chi connectivity index (χ2v) is 4.21. The lowest BCUT2D eigenvalue weighted by atomic mass is 10.2. The molecule has 2 atom stereocenters. The van der Waals surface area contributed by atoms with Gasteiger partial charge < -0.3 is 25.2 Å². The molecule has 0 aliphatic carbocycles. The van der Waals surface area contributed by atoms with Crippen LogP contribution in [0.1, 0.15) is 19.8 Å². The van der Waals surface area contributed by atoms with Crippen molar-refractivity contribution in [1.82, 2.24) is 10.6 Å². The Balaban J connectivity index is 3.55. The molecule has 0 fully saturated rings. The molecule has 0 aromatic heterocycles. The number of aliphatic hydroxyl groups excluding tert-OH is 1. The van der Waals surface area contributed by atoms with E-state index in [1.165, 1.54) is 0 Å². The Bertz CT molecular complexity index is 214. The number of rotatable bonds is 11. The number of carbonyl (C=O) groups excluding carboxylic acids is 1. The molecule has 6 heteroatoms. The maximum Gasteiger partial charge on any atom is 0.236 e. The van der Waals surface area contributed by atoms with E-state index >= 15 is 0 Å². The summed E-state index contributed by atoms with van der Waals surface area (Å²) in [7, 11) is 3.18. The van der Waals surface area contributed by atoms with Crippen molar-refractivity contribution >= 4 is 5.91 Å². The molecule has 0 aromatic carbocycles. The van der Waals surface area contributed by atoms with Gasteiger partial charge >= 0.3 is 0 Å². The third kappa shape index (κ3) is 9.35. The van der Waals surface area contributed by atoms with Gasteiger partial charge in [0.1, 0.15) is 0 Å². The molecule has 18 heavy (non-hydrogen) atoms. The van der Waals surface area contributed by atoms with Crippen LogP contribution < -0.4 is 10.6 Å². The van der Waals surface area contributed by atoms with Crippen molar-refractivity contribution in [2.45, 2.75) is 31.9 Å². The van der Waals surface area contributed by atoms with Gasteiger partial charge in [-0.1, -0.05) is 0 Å². The summed E-state index contributed by atoms with van der Waals surface area (Å²) in [6, 6.07) is -0.262. The first-order valence-corrected chi connectivity index (χ1v) is 6.28. The minimum absolute atomic E-state index is 0.0349. The van der Waals surface area contributed by atoms with Gasteiger partial charge in [0.15, 0.2) is 0 Å². The van der Waals surface area contributed by atoms with Crippen LogP contribution in [0.25, 0.3) is 0 Å². The van der Waals surface area contributed by atoms with Crippen LogP contribution in [0.3, 0.4) is 0 Å². The number of amides is 1. The molecule has 0 aromatic rings. The highest BCUT2D eigenvalue weighted by molar-refractivity contribution is 5.81. The lowest BCUT2D eigenvalue weighted by Gasteiger charge is -2.15. The van der Waals surface area contributed by atoms with Crippen molar-refractivity contribution in [3.63, 3.8) is 0 Å². The normalized spacial score (nSPS) is 14.2. The van der Waals surface area contributed by atoms with Crippen molar-refractivity contribution in [2.24, 2.45) is 0 Å². The van der Waals surface area contributed by atoms with Gasteiger partial charge in [-0.2, -0.15) is 0 Å². The zero-order valence-corrected chi connectivity index (χ0v) is 11.6. The quantitative estimate of drug-likeness (QED) is 0.438. The summed E-state index contributed by atoms with van der Waals surface area (Å²) in [6.07, 6.45) is 0.885. The average Bonchev–Trinajstić information content (AvgIpc) is 2.34. The van der Waals surface area contributed by atoms with E-state index in [0.717, 1.165) is 6.42 Å². The van der Waals surface area contributed by atoms with Gasteiger partial charge in [0.25, 0.3) is 0 Å². The summed E-state index contributed by atoms with van der Waals surface area (Å²) >= 11 is 0. The molecule has 0 spiro atoms. The van der Waals surface area contributed by atoms with E-state index in [2.05, 4.69) is 10.6 Å². The molecule has 0 rings (SSSR count). The molecule has 0 saturated heterocycles. The molecular weight excluding hydrogens is 236 g/mol. The molecule has 2 unspecified atom stereocenters. The Morgan fingerprint density at radius 3 is 2.61 bits per heavy atom. The van der Waals surface area contributed by atoms with Gasteiger partial charge in [-0.15, -0.1) is 0 Å². The third-order valence-corrected chi connectivity index (χ3v) is 2.50. The Morgan fingerprint density at radius 1 is 1.28 bits per heavy atom. The first kappa shape index (κ1) is 17.3. The van der Waals surface area contributed by atoms with Gasteiger partial charge in [-0.3, -0.25) is 4.79 Å². The zero-order chi connectivity index (χ0) is 13.8. The predicted molar refractivity (Wildman–Crippen MR) is 69.5 cm³/mol. The van der Waals surface area contributed by atoms with Crippen LogP contribution in [0.5, 0.6) is 0 Å². The first-order valence-electron chi connectivity index (χ1n) is 6.28. The number of nitrogens with one attached hydrogen (secondary N) is 2. The highest BCUT2D eigenvalue weighted by Crippen LogP contribution is 1.91. The Kier molecular flexibility index (Phi) is 11.0. The minimum atomic E-state index is -0.487. The number of carbonyl (C=O) groups is 1. The summed E-state index contributed by atoms with van der Waals surface area (Å²) < 4.78 is 9.71. The molecule has 0 aliphatic heterocycles. The summed E-state index contributed by atoms with van der Waals surface area (Å²) in [5, 5.41) is 15.3. The van der Waals surface area contributed by atoms with Crippen molar-refractivity contribution in [3.05, 3.63) is 0 Å². The standard InChI is InChI=1S/C12H26N2O4/c1-10(12(16)14-6-4-8-17-2)13-7-5-11(15)9-18-3/h10-11,13,15H,4-9H2,1-3H3,(H,14,16). The summed E-state index contributed by atoms with van der Waals surface area (Å²) in [4.78, 5) is 11.6. The molecule has 6 nitrogen and oxygen atoms in total. The van der Waals surface area contributed by atoms with Crippen LogP contribution in [0.4, 0.5) is 0 Å². The molecule has 108 valence electrons. The molecule has 0 heterocycles. The van der Waals surface area contributed by atoms with Crippen LogP contribution >= 0.6 is 0 Å². The van der Waals surface area contributed by atoms with E-state index in [1.54, 1.807) is 21.1 Å². The molecule has 0 radical (unpaired) electrons. The molecular formula is C12H26N2O4. The number of ether oxygens (including phenoxy) is 2. The fourth-order valence-electron chi connectivity index (χ4n) is 1.42. The van der Waals surface area contributed by atoms with Crippen molar-refractivity contribution in [1.29, 1.82) is 0 Å². The predicted octanol–water partition coefficient (Wildman–Crippen LogP) is -0.485. The van der Waals surface area contributed by atoms with E-state index in [4.69, 9.17) is 9.47 Å². The monoisotopic (exact) mass is 262 g/mol. The topological polar surface area (TPSA) is 79.8 Å². The molecule has 0 aliphatic rings. The van der Waals surface area contributed by atoms with Crippen LogP contribution in [0.2, 0.25) is 0 Å². The molecule has 1 amide bonds. The fraction of sp³-hybridized carbons (Fsp3) is 0.917. The summed E-state index contributed by atoms with van der Waals surface area (Å²) in [5.41, 5.74) is 0. The number of hydrogen-bond donors (Lipinski definition) is 3. The van der Waals surface area contributed by atoms with Crippen LogP contribution in [-0.4, -0.2) is 63.7 Å². The van der Waals surface area contributed by atoms with Crippen molar-refractivity contribution in [3.8, 4) is 0 Å². The van der Waals surface area contributed by atoms with Gasteiger partial charge in [-0.05, 0) is 26.3 Å². The highest BCUT2D eigenvalue weighted by Gasteiger charge is 2.11. The van der Waals surface area contributed by atoms with E-state index < -0.39 is 6.10 Å². The molecule has 0 saturated carbocycles. The largest absolute Gasteiger partial charge is 0.391 e. The average molecular weight is 262 g/mol. The zero-order valence-electron chi connectivity index (χ0n) is 11.6. The maximum atomic E-state index is 11.6. The molecule has 3 N–H and O–H groups in total. The van der Waals surface area contributed by atoms with E-state index in [-0.39, 0.29) is 11.9 Å². The Morgan fingerprint density at radius 2 is 2.00 bits per heavy atom. The van der Waals surface area contributed by atoms with Gasteiger partial charge in [0.05, 0.1) is 18.8 Å². The number of hydrogen-bond acceptors (Lipinski definition) is 5. The highest BCUT2D eigenvalue weighted by atomic mass is 16.5. The molecule has 0 bridgehead atoms. The minimum Gasteiger partial charge on any atom is -0.391 e. The smallest absolute Gasteiger partial charge is 0.236 e. The third-order valence-electron chi connectivity index (χ3n) is 2.50. The van der Waals surface area contributed by atoms with Gasteiger partial charge in [-0.25, -0.2) is 0 Å². The first-order chi connectivity index (χ1) is 8.61. The maximum absolute atomic E-state index is 11.6. The summed E-state index contributed by atoms with van der Waals surface area (Å²) in [6.45, 7) is 3.96. The number of aliphatic hydroxyl groups is 1. The van der Waals surface area contributed by atoms with E-state index in [1.807, 2.05) is 0 Å².